The van der Waals surface area contributed by atoms with Gasteiger partial charge in [-0.1, -0.05) is 23.7 Å². The number of benzene rings is 1. The fourth-order valence-electron chi connectivity index (χ4n) is 2.90. The normalized spacial score (nSPS) is 21.2. The molecule has 2 aliphatic heterocycles. The predicted octanol–water partition coefficient (Wildman–Crippen LogP) is 2.66. The molecule has 0 atom stereocenters. The Kier molecular flexibility index (Phi) is 5.41. The van der Waals surface area contributed by atoms with Gasteiger partial charge in [0.05, 0.1) is 0 Å². The van der Waals surface area contributed by atoms with Crippen LogP contribution in [-0.2, 0) is 10.0 Å². The minimum atomic E-state index is -3.66. The summed E-state index contributed by atoms with van der Waals surface area (Å²) in [5.41, 5.74) is 7.22. The molecule has 3 rings (SSSR count). The van der Waals surface area contributed by atoms with Crippen LogP contribution in [0.3, 0.4) is 0 Å². The van der Waals surface area contributed by atoms with Gasteiger partial charge < -0.3 is 10.6 Å². The molecule has 0 bridgehead atoms. The average molecular weight is 376 g/mol. The van der Waals surface area contributed by atoms with E-state index < -0.39 is 10.0 Å². The van der Waals surface area contributed by atoms with E-state index in [1.54, 1.807) is 24.3 Å². The lowest BCUT2D eigenvalue weighted by atomic mass is 10.0. The van der Waals surface area contributed by atoms with Gasteiger partial charge in [-0.05, 0) is 37.5 Å². The zero-order valence-electron chi connectivity index (χ0n) is 12.7. The van der Waals surface area contributed by atoms with Gasteiger partial charge in [-0.15, -0.1) is 16.8 Å². The van der Waals surface area contributed by atoms with E-state index in [1.165, 1.54) is 0 Å². The van der Waals surface area contributed by atoms with Gasteiger partial charge in [-0.3, -0.25) is 0 Å². The molecule has 0 saturated carbocycles. The molecular formula is C15H19Cl2N3O2S. The van der Waals surface area contributed by atoms with Gasteiger partial charge in [-0.2, -0.15) is 8.42 Å². The average Bonchev–Trinajstić information content (AvgIpc) is 2.71. The third-order valence-corrected chi connectivity index (χ3v) is 5.81. The molecule has 1 aromatic carbocycles. The zero-order chi connectivity index (χ0) is 15.9. The summed E-state index contributed by atoms with van der Waals surface area (Å²) in [6.07, 6.45) is 1.70. The fraction of sp³-hybridized carbons (Fsp3) is 0.400. The van der Waals surface area contributed by atoms with Crippen molar-refractivity contribution >= 4 is 44.8 Å². The first-order valence-corrected chi connectivity index (χ1v) is 9.03. The van der Waals surface area contributed by atoms with Gasteiger partial charge in [-0.25, -0.2) is 0 Å². The molecule has 2 N–H and O–H groups in total. The number of likely N-dealkylation sites (tertiary alicyclic amines) is 1. The first kappa shape index (κ1) is 18.3. The molecule has 2 aliphatic rings. The van der Waals surface area contributed by atoms with E-state index in [2.05, 4.69) is 4.40 Å². The molecule has 8 heteroatoms. The molecular weight excluding hydrogens is 357 g/mol. The van der Waals surface area contributed by atoms with Crippen molar-refractivity contribution in [2.24, 2.45) is 10.1 Å². The zero-order valence-corrected chi connectivity index (χ0v) is 15.1. The molecule has 126 valence electrons. The van der Waals surface area contributed by atoms with Crippen molar-refractivity contribution in [3.05, 3.63) is 40.4 Å². The Balaban J connectivity index is 0.00000192. The quantitative estimate of drug-likeness (QED) is 0.818. The summed E-state index contributed by atoms with van der Waals surface area (Å²) in [4.78, 5) is 2.29. The third-order valence-electron chi connectivity index (χ3n) is 4.09. The van der Waals surface area contributed by atoms with E-state index in [1.807, 2.05) is 11.8 Å². The van der Waals surface area contributed by atoms with Gasteiger partial charge in [0.25, 0.3) is 10.0 Å². The molecule has 0 aromatic heterocycles. The fourth-order valence-corrected chi connectivity index (χ4v) is 4.51. The summed E-state index contributed by atoms with van der Waals surface area (Å²) in [7, 11) is -3.66. The number of nitrogens with zero attached hydrogens (tertiary/aromatic N) is 2. The van der Waals surface area contributed by atoms with E-state index >= 15 is 0 Å². The predicted molar refractivity (Wildman–Crippen MR) is 96.4 cm³/mol. The Bertz CT molecular complexity index is 749. The lowest BCUT2D eigenvalue weighted by molar-refractivity contribution is 0.314. The minimum Gasteiger partial charge on any atom is -0.356 e. The smallest absolute Gasteiger partial charge is 0.285 e. The van der Waals surface area contributed by atoms with E-state index in [0.29, 0.717) is 22.0 Å². The maximum absolute atomic E-state index is 12.4. The largest absolute Gasteiger partial charge is 0.356 e. The van der Waals surface area contributed by atoms with E-state index in [4.69, 9.17) is 17.3 Å². The van der Waals surface area contributed by atoms with Crippen LogP contribution in [0.25, 0.3) is 4.91 Å². The Morgan fingerprint density at radius 3 is 2.35 bits per heavy atom. The lowest BCUT2D eigenvalue weighted by Gasteiger charge is -2.31. The van der Waals surface area contributed by atoms with Gasteiger partial charge in [0, 0.05) is 29.7 Å². The summed E-state index contributed by atoms with van der Waals surface area (Å²) in [6.45, 7) is 3.28. The molecule has 1 saturated heterocycles. The molecule has 0 unspecified atom stereocenters. The van der Waals surface area contributed by atoms with Crippen LogP contribution in [0, 0.1) is 0 Å². The summed E-state index contributed by atoms with van der Waals surface area (Å²) >= 11 is 5.88. The number of amidine groups is 1. The van der Waals surface area contributed by atoms with Crippen LogP contribution in [0.4, 0.5) is 0 Å². The van der Waals surface area contributed by atoms with Crippen molar-refractivity contribution in [1.29, 1.82) is 0 Å². The van der Waals surface area contributed by atoms with Crippen molar-refractivity contribution in [1.82, 2.24) is 4.90 Å². The van der Waals surface area contributed by atoms with Crippen molar-refractivity contribution in [3.63, 3.8) is 0 Å². The Morgan fingerprint density at radius 1 is 1.22 bits per heavy atom. The number of rotatable bonds is 1. The Labute approximate surface area is 147 Å². The van der Waals surface area contributed by atoms with Gasteiger partial charge in [0.1, 0.15) is 10.7 Å². The van der Waals surface area contributed by atoms with Crippen molar-refractivity contribution in [3.8, 4) is 0 Å². The van der Waals surface area contributed by atoms with Crippen LogP contribution in [0.1, 0.15) is 25.3 Å². The van der Waals surface area contributed by atoms with Crippen LogP contribution in [0.15, 0.2) is 34.2 Å². The number of hydrogen-bond donors (Lipinski definition) is 1. The molecule has 2 heterocycles. The second-order valence-corrected chi connectivity index (χ2v) is 7.65. The van der Waals surface area contributed by atoms with Crippen molar-refractivity contribution < 1.29 is 8.42 Å². The van der Waals surface area contributed by atoms with E-state index in [-0.39, 0.29) is 23.4 Å². The lowest BCUT2D eigenvalue weighted by Crippen LogP contribution is -2.42. The molecule has 1 fully saturated rings. The first-order valence-electron chi connectivity index (χ1n) is 7.21. The highest BCUT2D eigenvalue weighted by Crippen LogP contribution is 2.34. The summed E-state index contributed by atoms with van der Waals surface area (Å²) < 4.78 is 28.9. The standard InChI is InChI=1S/C15H18ClN3O2S.ClH/c1-10-14(11-2-4-12(16)5-3-11)22(20,21)18-15(10)19-8-6-13(17)7-9-19;/h2-5,13H,6-9,17H2,1H3;1H. The minimum absolute atomic E-state index is 0. The maximum Gasteiger partial charge on any atom is 0.285 e. The highest BCUT2D eigenvalue weighted by molar-refractivity contribution is 8.00. The number of hydrogen-bond acceptors (Lipinski definition) is 4. The third kappa shape index (κ3) is 3.55. The van der Waals surface area contributed by atoms with Crippen LogP contribution >= 0.6 is 24.0 Å². The number of nitrogens with two attached hydrogens (primary N) is 1. The molecule has 0 aliphatic carbocycles. The van der Waals surface area contributed by atoms with Gasteiger partial charge in [0.15, 0.2) is 0 Å². The maximum atomic E-state index is 12.4. The molecule has 5 nitrogen and oxygen atoms in total. The topological polar surface area (TPSA) is 75.8 Å². The number of halogens is 2. The Morgan fingerprint density at radius 2 is 1.78 bits per heavy atom. The van der Waals surface area contributed by atoms with Crippen molar-refractivity contribution in [2.45, 2.75) is 25.8 Å². The van der Waals surface area contributed by atoms with E-state index in [9.17, 15) is 8.42 Å². The highest BCUT2D eigenvalue weighted by atomic mass is 35.5. The van der Waals surface area contributed by atoms with Crippen LogP contribution < -0.4 is 5.73 Å². The number of sulfonamides is 1. The molecule has 0 radical (unpaired) electrons. The van der Waals surface area contributed by atoms with Crippen LogP contribution in [0.5, 0.6) is 0 Å². The second-order valence-electron chi connectivity index (χ2n) is 5.68. The van der Waals surface area contributed by atoms with Crippen LogP contribution in [0.2, 0.25) is 5.02 Å². The SMILES string of the molecule is CC1=C(c2ccc(Cl)cc2)S(=O)(=O)N=C1N1CCC(N)CC1.Cl. The summed E-state index contributed by atoms with van der Waals surface area (Å²) in [6, 6.07) is 6.98. The molecule has 0 amide bonds. The first-order chi connectivity index (χ1) is 10.4. The second kappa shape index (κ2) is 6.81. The summed E-state index contributed by atoms with van der Waals surface area (Å²) in [5, 5.41) is 0.573. The monoisotopic (exact) mass is 375 g/mol. The summed E-state index contributed by atoms with van der Waals surface area (Å²) in [5.74, 6) is 0.553. The van der Waals surface area contributed by atoms with E-state index in [0.717, 1.165) is 25.9 Å². The number of piperidine rings is 1. The molecule has 1 aromatic rings. The van der Waals surface area contributed by atoms with Crippen LogP contribution in [-0.4, -0.2) is 38.3 Å². The van der Waals surface area contributed by atoms with Gasteiger partial charge in [0.2, 0.25) is 0 Å². The molecule has 0 spiro atoms. The van der Waals surface area contributed by atoms with Crippen molar-refractivity contribution in [2.75, 3.05) is 13.1 Å². The highest BCUT2D eigenvalue weighted by Gasteiger charge is 2.34. The molecule has 23 heavy (non-hydrogen) atoms. The van der Waals surface area contributed by atoms with Gasteiger partial charge >= 0.3 is 0 Å². The Hall–Kier alpha value is -1.08.